The lowest BCUT2D eigenvalue weighted by atomic mass is 10.1. The standard InChI is InChI=1S/C22H24N2O6/c1-14(28-2)18-6-3-5-16-13-19(30-20(16)18)22(26)23-11-4-12-29-17-9-7-15(8-10-17)21(25)24-27/h3,5-10,13-14,27H,4,11-12H2,1-2H3,(H,23,26)(H,24,25). The minimum atomic E-state index is -0.585. The lowest BCUT2D eigenvalue weighted by Crippen LogP contribution is -2.25. The Morgan fingerprint density at radius 1 is 1.13 bits per heavy atom. The van der Waals surface area contributed by atoms with Crippen molar-refractivity contribution in [3.8, 4) is 5.75 Å². The van der Waals surface area contributed by atoms with E-state index in [1.54, 1.807) is 42.9 Å². The minimum Gasteiger partial charge on any atom is -0.494 e. The molecule has 1 heterocycles. The zero-order valence-electron chi connectivity index (χ0n) is 16.8. The molecule has 0 aliphatic rings. The number of amides is 2. The highest BCUT2D eigenvalue weighted by Crippen LogP contribution is 2.28. The van der Waals surface area contributed by atoms with Gasteiger partial charge in [-0.25, -0.2) is 5.48 Å². The number of hydrogen-bond donors (Lipinski definition) is 3. The number of hydrogen-bond acceptors (Lipinski definition) is 6. The molecule has 158 valence electrons. The third-order valence-electron chi connectivity index (χ3n) is 4.68. The lowest BCUT2D eigenvalue weighted by molar-refractivity contribution is 0.0706. The Morgan fingerprint density at radius 3 is 2.60 bits per heavy atom. The van der Waals surface area contributed by atoms with Crippen LogP contribution >= 0.6 is 0 Å². The van der Waals surface area contributed by atoms with Crippen LogP contribution in [0.1, 0.15) is 45.9 Å². The first-order chi connectivity index (χ1) is 14.5. The van der Waals surface area contributed by atoms with Crippen LogP contribution in [0, 0.1) is 0 Å². The van der Waals surface area contributed by atoms with E-state index in [0.717, 1.165) is 10.9 Å². The van der Waals surface area contributed by atoms with Crippen molar-refractivity contribution in [3.63, 3.8) is 0 Å². The predicted molar refractivity (Wildman–Crippen MR) is 110 cm³/mol. The molecule has 30 heavy (non-hydrogen) atoms. The molecule has 3 N–H and O–H groups in total. The molecule has 0 fully saturated rings. The van der Waals surface area contributed by atoms with E-state index in [0.29, 0.717) is 36.5 Å². The molecule has 0 bridgehead atoms. The number of methoxy groups -OCH3 is 1. The van der Waals surface area contributed by atoms with Gasteiger partial charge in [-0.1, -0.05) is 18.2 Å². The Hall–Kier alpha value is -3.36. The van der Waals surface area contributed by atoms with Gasteiger partial charge in [-0.15, -0.1) is 0 Å². The first kappa shape index (κ1) is 21.4. The van der Waals surface area contributed by atoms with Crippen LogP contribution < -0.4 is 15.5 Å². The van der Waals surface area contributed by atoms with Gasteiger partial charge in [0.05, 0.1) is 12.7 Å². The number of carbonyl (C=O) groups is 2. The highest BCUT2D eigenvalue weighted by molar-refractivity contribution is 5.96. The monoisotopic (exact) mass is 412 g/mol. The van der Waals surface area contributed by atoms with Crippen molar-refractivity contribution in [2.75, 3.05) is 20.3 Å². The third kappa shape index (κ3) is 4.97. The molecule has 8 nitrogen and oxygen atoms in total. The van der Waals surface area contributed by atoms with Crippen LogP contribution in [0.25, 0.3) is 11.0 Å². The fourth-order valence-electron chi connectivity index (χ4n) is 2.96. The molecule has 2 amide bonds. The maximum absolute atomic E-state index is 12.4. The van der Waals surface area contributed by atoms with Gasteiger partial charge in [0.15, 0.2) is 5.76 Å². The molecule has 2 aromatic carbocycles. The van der Waals surface area contributed by atoms with Crippen molar-refractivity contribution < 1.29 is 28.7 Å². The summed E-state index contributed by atoms with van der Waals surface area (Å²) in [5, 5.41) is 12.3. The van der Waals surface area contributed by atoms with Gasteiger partial charge >= 0.3 is 0 Å². The summed E-state index contributed by atoms with van der Waals surface area (Å²) in [4.78, 5) is 23.7. The van der Waals surface area contributed by atoms with E-state index in [2.05, 4.69) is 5.32 Å². The van der Waals surface area contributed by atoms with Crippen molar-refractivity contribution >= 4 is 22.8 Å². The van der Waals surface area contributed by atoms with Crippen LogP contribution in [0.15, 0.2) is 52.9 Å². The summed E-state index contributed by atoms with van der Waals surface area (Å²) >= 11 is 0. The molecular weight excluding hydrogens is 388 g/mol. The molecular formula is C22H24N2O6. The number of hydroxylamine groups is 1. The average Bonchev–Trinajstić information content (AvgIpc) is 3.22. The molecule has 8 heteroatoms. The first-order valence-electron chi connectivity index (χ1n) is 9.54. The van der Waals surface area contributed by atoms with Gasteiger partial charge in [-0.3, -0.25) is 14.8 Å². The molecule has 1 atom stereocenters. The van der Waals surface area contributed by atoms with E-state index >= 15 is 0 Å². The fraction of sp³-hybridized carbons (Fsp3) is 0.273. The Balaban J connectivity index is 1.48. The number of benzene rings is 2. The van der Waals surface area contributed by atoms with Gasteiger partial charge in [-0.05, 0) is 43.7 Å². The van der Waals surface area contributed by atoms with Gasteiger partial charge < -0.3 is 19.2 Å². The molecule has 0 aliphatic heterocycles. The lowest BCUT2D eigenvalue weighted by Gasteiger charge is -2.09. The summed E-state index contributed by atoms with van der Waals surface area (Å²) in [5.74, 6) is -0.0347. The van der Waals surface area contributed by atoms with Crippen molar-refractivity contribution in [2.45, 2.75) is 19.4 Å². The summed E-state index contributed by atoms with van der Waals surface area (Å²) in [6.45, 7) is 2.73. The summed E-state index contributed by atoms with van der Waals surface area (Å²) in [6, 6.07) is 13.8. The van der Waals surface area contributed by atoms with E-state index in [1.807, 2.05) is 25.1 Å². The molecule has 3 rings (SSSR count). The number of nitrogens with one attached hydrogen (secondary N) is 2. The van der Waals surface area contributed by atoms with Crippen LogP contribution in [0.5, 0.6) is 5.75 Å². The van der Waals surface area contributed by atoms with Gasteiger partial charge in [0.1, 0.15) is 11.3 Å². The highest BCUT2D eigenvalue weighted by atomic mass is 16.5. The fourth-order valence-corrected chi connectivity index (χ4v) is 2.96. The third-order valence-corrected chi connectivity index (χ3v) is 4.68. The normalized spacial score (nSPS) is 11.8. The molecule has 0 saturated carbocycles. The largest absolute Gasteiger partial charge is 0.494 e. The molecule has 0 radical (unpaired) electrons. The topological polar surface area (TPSA) is 110 Å². The van der Waals surface area contributed by atoms with Gasteiger partial charge in [-0.2, -0.15) is 0 Å². The maximum Gasteiger partial charge on any atom is 0.287 e. The Bertz CT molecular complexity index is 1010. The SMILES string of the molecule is COC(C)c1cccc2cc(C(=O)NCCCOc3ccc(C(=O)NO)cc3)oc12. The molecule has 3 aromatic rings. The summed E-state index contributed by atoms with van der Waals surface area (Å²) < 4.78 is 16.7. The van der Waals surface area contributed by atoms with Gasteiger partial charge in [0, 0.05) is 30.2 Å². The smallest absolute Gasteiger partial charge is 0.287 e. The molecule has 0 aliphatic carbocycles. The van der Waals surface area contributed by atoms with Crippen molar-refractivity contribution in [1.29, 1.82) is 0 Å². The second-order valence-corrected chi connectivity index (χ2v) is 6.68. The number of rotatable bonds is 9. The van der Waals surface area contributed by atoms with Crippen LogP contribution in [0.3, 0.4) is 0 Å². The number of fused-ring (bicyclic) bond motifs is 1. The van der Waals surface area contributed by atoms with E-state index in [9.17, 15) is 9.59 Å². The van der Waals surface area contributed by atoms with E-state index in [1.165, 1.54) is 0 Å². The van der Waals surface area contributed by atoms with Crippen LogP contribution in [0.4, 0.5) is 0 Å². The molecule has 0 spiro atoms. The Morgan fingerprint density at radius 2 is 1.90 bits per heavy atom. The van der Waals surface area contributed by atoms with Crippen molar-refractivity contribution in [3.05, 3.63) is 65.4 Å². The van der Waals surface area contributed by atoms with Crippen LogP contribution in [-0.2, 0) is 4.74 Å². The number of para-hydroxylation sites is 1. The van der Waals surface area contributed by atoms with E-state index < -0.39 is 5.91 Å². The molecule has 1 aromatic heterocycles. The Kier molecular flexibility index (Phi) is 7.05. The van der Waals surface area contributed by atoms with Gasteiger partial charge in [0.25, 0.3) is 11.8 Å². The van der Waals surface area contributed by atoms with E-state index in [-0.39, 0.29) is 17.8 Å². The highest BCUT2D eigenvalue weighted by Gasteiger charge is 2.16. The van der Waals surface area contributed by atoms with Gasteiger partial charge in [0.2, 0.25) is 0 Å². The number of furan rings is 1. The summed E-state index contributed by atoms with van der Waals surface area (Å²) in [7, 11) is 1.63. The second-order valence-electron chi connectivity index (χ2n) is 6.68. The van der Waals surface area contributed by atoms with Crippen LogP contribution in [0.2, 0.25) is 0 Å². The Labute approximate surface area is 173 Å². The quantitative estimate of drug-likeness (QED) is 0.282. The average molecular weight is 412 g/mol. The maximum atomic E-state index is 12.4. The van der Waals surface area contributed by atoms with Crippen LogP contribution in [-0.4, -0.2) is 37.3 Å². The minimum absolute atomic E-state index is 0.139. The number of carbonyl (C=O) groups excluding carboxylic acids is 2. The zero-order chi connectivity index (χ0) is 21.5. The van der Waals surface area contributed by atoms with Crippen molar-refractivity contribution in [2.24, 2.45) is 0 Å². The molecule has 0 saturated heterocycles. The van der Waals surface area contributed by atoms with E-state index in [4.69, 9.17) is 19.1 Å². The molecule has 1 unspecified atom stereocenters. The summed E-state index contributed by atoms with van der Waals surface area (Å²) in [6.07, 6.45) is 0.455. The predicted octanol–water partition coefficient (Wildman–Crippen LogP) is 3.46. The van der Waals surface area contributed by atoms with Crippen molar-refractivity contribution in [1.82, 2.24) is 10.8 Å². The number of ether oxygens (including phenoxy) is 2. The first-order valence-corrected chi connectivity index (χ1v) is 9.54. The zero-order valence-corrected chi connectivity index (χ0v) is 16.8. The summed E-state index contributed by atoms with van der Waals surface area (Å²) in [5.41, 5.74) is 3.44. The second kappa shape index (κ2) is 9.91.